The van der Waals surface area contributed by atoms with Crippen molar-refractivity contribution in [2.24, 2.45) is 0 Å². The zero-order chi connectivity index (χ0) is 17.6. The summed E-state index contributed by atoms with van der Waals surface area (Å²) in [5.74, 6) is -0.532. The monoisotopic (exact) mass is 355 g/mol. The third-order valence-corrected chi connectivity index (χ3v) is 6.37. The average Bonchev–Trinajstić information content (AvgIpc) is 3.08. The van der Waals surface area contributed by atoms with Crippen LogP contribution in [0.3, 0.4) is 0 Å². The molecular formula is C15H21N3O5S. The Morgan fingerprint density at radius 1 is 1.21 bits per heavy atom. The summed E-state index contributed by atoms with van der Waals surface area (Å²) in [6.07, 6.45) is 0. The van der Waals surface area contributed by atoms with Gasteiger partial charge in [0.2, 0.25) is 11.7 Å². The number of rotatable bonds is 2. The van der Waals surface area contributed by atoms with Gasteiger partial charge < -0.3 is 14.3 Å². The highest BCUT2D eigenvalue weighted by Crippen LogP contribution is 2.28. The van der Waals surface area contributed by atoms with Crippen molar-refractivity contribution in [2.75, 3.05) is 24.6 Å². The lowest BCUT2D eigenvalue weighted by Crippen LogP contribution is -2.61. The molecule has 24 heavy (non-hydrogen) atoms. The lowest BCUT2D eigenvalue weighted by Gasteiger charge is -2.43. The van der Waals surface area contributed by atoms with Crippen LogP contribution in [-0.2, 0) is 14.6 Å². The molecule has 2 saturated heterocycles. The molecule has 2 fully saturated rings. The molecule has 3 heterocycles. The molecule has 2 aliphatic rings. The van der Waals surface area contributed by atoms with E-state index in [4.69, 9.17) is 4.52 Å². The van der Waals surface area contributed by atoms with Crippen LogP contribution >= 0.6 is 0 Å². The van der Waals surface area contributed by atoms with Crippen LogP contribution in [0.15, 0.2) is 10.6 Å². The summed E-state index contributed by atoms with van der Waals surface area (Å²) in [5.41, 5.74) is 0.677. The van der Waals surface area contributed by atoms with Gasteiger partial charge in [0.15, 0.2) is 9.84 Å². The van der Waals surface area contributed by atoms with Crippen molar-refractivity contribution in [3.05, 3.63) is 17.5 Å². The van der Waals surface area contributed by atoms with Crippen LogP contribution in [0.4, 0.5) is 0 Å². The van der Waals surface area contributed by atoms with Gasteiger partial charge in [-0.3, -0.25) is 9.59 Å². The van der Waals surface area contributed by atoms with Gasteiger partial charge in [0.25, 0.3) is 5.91 Å². The van der Waals surface area contributed by atoms with E-state index in [9.17, 15) is 18.0 Å². The SMILES string of the molecule is CC(=O)N1CCN(C(=O)c2cc(C(C)C)no2)[C@@H]2CS(=O)(=O)C[C@@H]21. The van der Waals surface area contributed by atoms with Crippen molar-refractivity contribution in [3.8, 4) is 0 Å². The van der Waals surface area contributed by atoms with Crippen LogP contribution < -0.4 is 0 Å². The highest BCUT2D eigenvalue weighted by Gasteiger charge is 2.49. The largest absolute Gasteiger partial charge is 0.351 e. The Kier molecular flexibility index (Phi) is 4.15. The van der Waals surface area contributed by atoms with E-state index in [1.165, 1.54) is 11.8 Å². The summed E-state index contributed by atoms with van der Waals surface area (Å²) in [7, 11) is -3.29. The minimum absolute atomic E-state index is 0.103. The third kappa shape index (κ3) is 2.92. The van der Waals surface area contributed by atoms with E-state index in [0.29, 0.717) is 12.2 Å². The Hall–Kier alpha value is -1.90. The molecule has 9 heteroatoms. The molecule has 1 aromatic rings. The van der Waals surface area contributed by atoms with Gasteiger partial charge >= 0.3 is 0 Å². The average molecular weight is 355 g/mol. The van der Waals surface area contributed by atoms with Crippen molar-refractivity contribution < 1.29 is 22.5 Å². The molecule has 0 radical (unpaired) electrons. The number of carbonyl (C=O) groups is 2. The van der Waals surface area contributed by atoms with Gasteiger partial charge in [-0.05, 0) is 5.92 Å². The second-order valence-electron chi connectivity index (χ2n) is 6.69. The smallest absolute Gasteiger partial charge is 0.292 e. The van der Waals surface area contributed by atoms with Gasteiger partial charge in [-0.2, -0.15) is 0 Å². The number of aromatic nitrogens is 1. The maximum atomic E-state index is 12.8. The number of fused-ring (bicyclic) bond motifs is 1. The fourth-order valence-corrected chi connectivity index (χ4v) is 5.38. The fourth-order valence-electron chi connectivity index (χ4n) is 3.40. The van der Waals surface area contributed by atoms with E-state index in [2.05, 4.69) is 5.16 Å². The Morgan fingerprint density at radius 3 is 2.33 bits per heavy atom. The minimum atomic E-state index is -3.29. The Bertz CT molecular complexity index is 770. The molecule has 0 saturated carbocycles. The van der Waals surface area contributed by atoms with Crippen molar-refractivity contribution >= 4 is 21.7 Å². The van der Waals surface area contributed by atoms with Crippen molar-refractivity contribution in [1.82, 2.24) is 15.0 Å². The van der Waals surface area contributed by atoms with Crippen molar-refractivity contribution in [3.63, 3.8) is 0 Å². The molecule has 0 N–H and O–H groups in total. The number of sulfone groups is 1. The Balaban J connectivity index is 1.88. The molecule has 1 aromatic heterocycles. The molecule has 2 aliphatic heterocycles. The number of hydrogen-bond acceptors (Lipinski definition) is 6. The summed E-state index contributed by atoms with van der Waals surface area (Å²) >= 11 is 0. The number of nitrogens with zero attached hydrogens (tertiary/aromatic N) is 3. The molecule has 8 nitrogen and oxygen atoms in total. The molecule has 132 valence electrons. The van der Waals surface area contributed by atoms with E-state index >= 15 is 0 Å². The second kappa shape index (κ2) is 5.87. The van der Waals surface area contributed by atoms with E-state index in [1.54, 1.807) is 11.0 Å². The number of hydrogen-bond donors (Lipinski definition) is 0. The van der Waals surface area contributed by atoms with Crippen molar-refractivity contribution in [1.29, 1.82) is 0 Å². The first-order valence-corrected chi connectivity index (χ1v) is 9.77. The summed E-state index contributed by atoms with van der Waals surface area (Å²) < 4.78 is 29.2. The maximum absolute atomic E-state index is 12.8. The first-order chi connectivity index (χ1) is 11.2. The molecule has 0 bridgehead atoms. The number of carbonyl (C=O) groups excluding carboxylic acids is 2. The van der Waals surface area contributed by atoms with Crippen LogP contribution in [0.2, 0.25) is 0 Å². The van der Waals surface area contributed by atoms with Gasteiger partial charge in [-0.1, -0.05) is 19.0 Å². The normalized spacial score (nSPS) is 25.8. The van der Waals surface area contributed by atoms with Gasteiger partial charge in [0.05, 0.1) is 29.3 Å². The highest BCUT2D eigenvalue weighted by molar-refractivity contribution is 7.91. The summed E-state index contributed by atoms with van der Waals surface area (Å²) in [5, 5.41) is 3.88. The van der Waals surface area contributed by atoms with Crippen LogP contribution in [0, 0.1) is 0 Å². The van der Waals surface area contributed by atoms with E-state index in [-0.39, 0.29) is 41.5 Å². The van der Waals surface area contributed by atoms with Gasteiger partial charge in [-0.15, -0.1) is 0 Å². The predicted molar refractivity (Wildman–Crippen MR) is 85.2 cm³/mol. The zero-order valence-corrected chi connectivity index (χ0v) is 14.7. The van der Waals surface area contributed by atoms with Crippen LogP contribution in [0.25, 0.3) is 0 Å². The molecule has 2 amide bonds. The lowest BCUT2D eigenvalue weighted by molar-refractivity contribution is -0.133. The number of amides is 2. The van der Waals surface area contributed by atoms with Crippen LogP contribution in [0.5, 0.6) is 0 Å². The van der Waals surface area contributed by atoms with Crippen molar-refractivity contribution in [2.45, 2.75) is 38.8 Å². The highest BCUT2D eigenvalue weighted by atomic mass is 32.2. The molecule has 0 unspecified atom stereocenters. The number of piperazine rings is 1. The molecule has 0 spiro atoms. The topological polar surface area (TPSA) is 101 Å². The molecule has 3 rings (SSSR count). The Labute approximate surface area is 140 Å². The quantitative estimate of drug-likeness (QED) is 0.755. The second-order valence-corrected chi connectivity index (χ2v) is 8.85. The molecule has 0 aliphatic carbocycles. The van der Waals surface area contributed by atoms with E-state index in [0.717, 1.165) is 0 Å². The molecule has 0 aromatic carbocycles. The van der Waals surface area contributed by atoms with E-state index < -0.39 is 21.9 Å². The first-order valence-electron chi connectivity index (χ1n) is 7.95. The van der Waals surface area contributed by atoms with Crippen LogP contribution in [0.1, 0.15) is 42.9 Å². The first kappa shape index (κ1) is 16.9. The van der Waals surface area contributed by atoms with Gasteiger partial charge in [0, 0.05) is 26.1 Å². The van der Waals surface area contributed by atoms with Gasteiger partial charge in [-0.25, -0.2) is 8.42 Å². The van der Waals surface area contributed by atoms with E-state index in [1.807, 2.05) is 13.8 Å². The van der Waals surface area contributed by atoms with Crippen LogP contribution in [-0.4, -0.2) is 71.9 Å². The zero-order valence-electron chi connectivity index (χ0n) is 13.9. The maximum Gasteiger partial charge on any atom is 0.292 e. The standard InChI is InChI=1S/C15H21N3O5S/c1-9(2)11-6-14(23-16-11)15(20)18-5-4-17(10(3)19)12-7-24(21,22)8-13(12)18/h6,9,12-13H,4-5,7-8H2,1-3H3/t12-,13+/m0/s1. The summed E-state index contributed by atoms with van der Waals surface area (Å²) in [6.45, 7) is 5.91. The van der Waals surface area contributed by atoms with Gasteiger partial charge in [0.1, 0.15) is 0 Å². The Morgan fingerprint density at radius 2 is 1.79 bits per heavy atom. The molecular weight excluding hydrogens is 334 g/mol. The molecule has 2 atom stereocenters. The minimum Gasteiger partial charge on any atom is -0.351 e. The summed E-state index contributed by atoms with van der Waals surface area (Å²) in [4.78, 5) is 27.6. The fraction of sp³-hybridized carbons (Fsp3) is 0.667. The predicted octanol–water partition coefficient (Wildman–Crippen LogP) is 0.268. The third-order valence-electron chi connectivity index (χ3n) is 4.67. The lowest BCUT2D eigenvalue weighted by atomic mass is 10.0. The summed E-state index contributed by atoms with van der Waals surface area (Å²) in [6, 6.07) is 0.577.